The molecule has 0 saturated carbocycles. The van der Waals surface area contributed by atoms with Crippen molar-refractivity contribution in [2.75, 3.05) is 6.61 Å². The third-order valence-electron chi connectivity index (χ3n) is 6.41. The Hall–Kier alpha value is -4.06. The van der Waals surface area contributed by atoms with Crippen molar-refractivity contribution in [2.45, 2.75) is 39.0 Å². The predicted molar refractivity (Wildman–Crippen MR) is 132 cm³/mol. The summed E-state index contributed by atoms with van der Waals surface area (Å²) >= 11 is 0. The van der Waals surface area contributed by atoms with Gasteiger partial charge in [0.15, 0.2) is 0 Å². The second-order valence-corrected chi connectivity index (χ2v) is 8.87. The van der Waals surface area contributed by atoms with Crippen molar-refractivity contribution in [1.29, 1.82) is 0 Å². The minimum absolute atomic E-state index is 0.0581. The van der Waals surface area contributed by atoms with Gasteiger partial charge in [0.2, 0.25) is 0 Å². The smallest absolute Gasteiger partial charge is 0.295 e. The lowest BCUT2D eigenvalue weighted by Gasteiger charge is -2.25. The van der Waals surface area contributed by atoms with Crippen LogP contribution in [0.2, 0.25) is 0 Å². The molecule has 5 rings (SSSR count). The highest BCUT2D eigenvalue weighted by Crippen LogP contribution is 2.41. The number of benzene rings is 3. The largest absolute Gasteiger partial charge is 0.507 e. The van der Waals surface area contributed by atoms with Gasteiger partial charge in [-0.1, -0.05) is 42.5 Å². The molecule has 6 nitrogen and oxygen atoms in total. The number of carbonyl (C=O) groups is 2. The number of aliphatic hydroxyl groups is 1. The zero-order valence-electron chi connectivity index (χ0n) is 19.7. The van der Waals surface area contributed by atoms with Crippen molar-refractivity contribution < 1.29 is 24.2 Å². The van der Waals surface area contributed by atoms with E-state index in [9.17, 15) is 14.7 Å². The maximum absolute atomic E-state index is 13.3. The lowest BCUT2D eigenvalue weighted by molar-refractivity contribution is -0.140. The van der Waals surface area contributed by atoms with Gasteiger partial charge in [0.05, 0.1) is 18.2 Å². The first-order valence-electron chi connectivity index (χ1n) is 11.8. The summed E-state index contributed by atoms with van der Waals surface area (Å²) in [6.45, 7) is 4.67. The standard InChI is InChI=1S/C29H27NO5/c1-3-34-23-12-9-20(10-13-23)26-25(27(31)21-11-14-24-22(16-21)15-18(2)35-24)28(32)29(33)30(26)17-19-7-5-4-6-8-19/h4-14,16,18,26,31H,3,15,17H2,1-2H3/b27-25+/t18-,26-/m1/s1. The van der Waals surface area contributed by atoms with E-state index in [4.69, 9.17) is 9.47 Å². The van der Waals surface area contributed by atoms with Crippen LogP contribution in [0.25, 0.3) is 5.76 Å². The van der Waals surface area contributed by atoms with Crippen molar-refractivity contribution in [1.82, 2.24) is 4.90 Å². The highest BCUT2D eigenvalue weighted by molar-refractivity contribution is 6.46. The zero-order chi connectivity index (χ0) is 24.5. The van der Waals surface area contributed by atoms with Gasteiger partial charge in [0, 0.05) is 18.5 Å². The van der Waals surface area contributed by atoms with E-state index in [0.717, 1.165) is 28.9 Å². The third-order valence-corrected chi connectivity index (χ3v) is 6.41. The molecule has 1 fully saturated rings. The summed E-state index contributed by atoms with van der Waals surface area (Å²) in [4.78, 5) is 28.1. The van der Waals surface area contributed by atoms with Crippen LogP contribution in [0.4, 0.5) is 0 Å². The van der Waals surface area contributed by atoms with Gasteiger partial charge >= 0.3 is 0 Å². The summed E-state index contributed by atoms with van der Waals surface area (Å²) in [5.41, 5.74) is 3.17. The summed E-state index contributed by atoms with van der Waals surface area (Å²) in [6.07, 6.45) is 0.781. The number of likely N-dealkylation sites (tertiary alicyclic amines) is 1. The molecule has 178 valence electrons. The number of ether oxygens (including phenoxy) is 2. The normalized spacial score (nSPS) is 20.6. The minimum atomic E-state index is -0.727. The summed E-state index contributed by atoms with van der Waals surface area (Å²) in [5.74, 6) is -0.0272. The molecule has 2 atom stereocenters. The molecule has 0 bridgehead atoms. The van der Waals surface area contributed by atoms with Crippen molar-refractivity contribution in [3.63, 3.8) is 0 Å². The highest BCUT2D eigenvalue weighted by Gasteiger charge is 2.46. The molecular formula is C29H27NO5. The van der Waals surface area contributed by atoms with Crippen LogP contribution in [0, 0.1) is 0 Å². The number of nitrogens with zero attached hydrogens (tertiary/aromatic N) is 1. The number of aliphatic hydroxyl groups excluding tert-OH is 1. The summed E-state index contributed by atoms with van der Waals surface area (Å²) in [7, 11) is 0. The average molecular weight is 470 g/mol. The second kappa shape index (κ2) is 9.29. The molecule has 1 saturated heterocycles. The summed E-state index contributed by atoms with van der Waals surface area (Å²) in [5, 5.41) is 11.4. The van der Waals surface area contributed by atoms with E-state index in [1.54, 1.807) is 12.1 Å². The molecule has 2 aliphatic heterocycles. The molecule has 3 aromatic rings. The van der Waals surface area contributed by atoms with Crippen LogP contribution in [-0.4, -0.2) is 34.4 Å². The first-order chi connectivity index (χ1) is 17.0. The van der Waals surface area contributed by atoms with Gasteiger partial charge in [0.1, 0.15) is 23.4 Å². The Kier molecular flexibility index (Phi) is 6.03. The summed E-state index contributed by atoms with van der Waals surface area (Å²) in [6, 6.07) is 21.5. The first-order valence-corrected chi connectivity index (χ1v) is 11.8. The number of hydrogen-bond acceptors (Lipinski definition) is 5. The van der Waals surface area contributed by atoms with Crippen LogP contribution < -0.4 is 9.47 Å². The van der Waals surface area contributed by atoms with Crippen molar-refractivity contribution in [3.8, 4) is 11.5 Å². The molecule has 0 radical (unpaired) electrons. The van der Waals surface area contributed by atoms with Crippen LogP contribution in [0.1, 0.15) is 42.1 Å². The van der Waals surface area contributed by atoms with Gasteiger partial charge in [-0.05, 0) is 60.9 Å². The Morgan fingerprint density at radius 1 is 1.06 bits per heavy atom. The number of hydrogen-bond donors (Lipinski definition) is 1. The van der Waals surface area contributed by atoms with E-state index >= 15 is 0 Å². The van der Waals surface area contributed by atoms with Crippen LogP contribution >= 0.6 is 0 Å². The Morgan fingerprint density at radius 2 is 1.80 bits per heavy atom. The van der Waals surface area contributed by atoms with Crippen LogP contribution in [0.3, 0.4) is 0 Å². The molecule has 35 heavy (non-hydrogen) atoms. The molecule has 1 amide bonds. The van der Waals surface area contributed by atoms with Gasteiger partial charge < -0.3 is 19.5 Å². The lowest BCUT2D eigenvalue weighted by Crippen LogP contribution is -2.29. The van der Waals surface area contributed by atoms with Gasteiger partial charge in [-0.3, -0.25) is 9.59 Å². The second-order valence-electron chi connectivity index (χ2n) is 8.87. The van der Waals surface area contributed by atoms with E-state index in [0.29, 0.717) is 17.9 Å². The molecule has 2 aliphatic rings. The number of amides is 1. The number of ketones is 1. The fraction of sp³-hybridized carbons (Fsp3) is 0.241. The maximum Gasteiger partial charge on any atom is 0.295 e. The molecule has 0 unspecified atom stereocenters. The van der Waals surface area contributed by atoms with Crippen molar-refractivity contribution in [3.05, 3.63) is 101 Å². The van der Waals surface area contributed by atoms with Crippen LogP contribution in [0.5, 0.6) is 11.5 Å². The molecule has 0 aliphatic carbocycles. The summed E-state index contributed by atoms with van der Waals surface area (Å²) < 4.78 is 11.3. The van der Waals surface area contributed by atoms with Gasteiger partial charge in [-0.2, -0.15) is 0 Å². The van der Waals surface area contributed by atoms with E-state index in [2.05, 4.69) is 0 Å². The average Bonchev–Trinajstić information content (AvgIpc) is 3.36. The first kappa shape index (κ1) is 22.7. The topological polar surface area (TPSA) is 76.1 Å². The van der Waals surface area contributed by atoms with Crippen molar-refractivity contribution in [2.24, 2.45) is 0 Å². The monoisotopic (exact) mass is 469 g/mol. The lowest BCUT2D eigenvalue weighted by atomic mass is 9.94. The maximum atomic E-state index is 13.3. The Morgan fingerprint density at radius 3 is 2.51 bits per heavy atom. The number of fused-ring (bicyclic) bond motifs is 1. The molecule has 1 N–H and O–H groups in total. The van der Waals surface area contributed by atoms with Crippen molar-refractivity contribution >= 4 is 17.4 Å². The van der Waals surface area contributed by atoms with E-state index in [1.165, 1.54) is 4.90 Å². The quantitative estimate of drug-likeness (QED) is 0.311. The van der Waals surface area contributed by atoms with Crippen LogP contribution in [0.15, 0.2) is 78.4 Å². The third kappa shape index (κ3) is 4.28. The van der Waals surface area contributed by atoms with Crippen LogP contribution in [-0.2, 0) is 22.6 Å². The number of rotatable bonds is 6. The fourth-order valence-electron chi connectivity index (χ4n) is 4.81. The van der Waals surface area contributed by atoms with Gasteiger partial charge in [-0.25, -0.2) is 0 Å². The molecule has 0 aromatic heterocycles. The molecule has 0 spiro atoms. The molecule has 2 heterocycles. The minimum Gasteiger partial charge on any atom is -0.507 e. The highest BCUT2D eigenvalue weighted by atomic mass is 16.5. The zero-order valence-corrected chi connectivity index (χ0v) is 19.7. The SMILES string of the molecule is CCOc1ccc([C@@H]2/C(=C(\O)c3ccc4c(c3)C[C@@H](C)O4)C(=O)C(=O)N2Cc2ccccc2)cc1. The number of Topliss-reactive ketones (excluding diaryl/α,β-unsaturated/α-hetero) is 1. The molecule has 3 aromatic carbocycles. The Balaban J connectivity index is 1.60. The van der Waals surface area contributed by atoms with Gasteiger partial charge in [-0.15, -0.1) is 0 Å². The van der Waals surface area contributed by atoms with E-state index in [-0.39, 0.29) is 24.0 Å². The predicted octanol–water partition coefficient (Wildman–Crippen LogP) is 5.03. The molecular weight excluding hydrogens is 442 g/mol. The van der Waals surface area contributed by atoms with E-state index < -0.39 is 17.7 Å². The van der Waals surface area contributed by atoms with Gasteiger partial charge in [0.25, 0.3) is 11.7 Å². The Bertz CT molecular complexity index is 1300. The molecule has 6 heteroatoms. The Labute approximate surface area is 204 Å². The fourth-order valence-corrected chi connectivity index (χ4v) is 4.81. The number of carbonyl (C=O) groups excluding carboxylic acids is 2. The van der Waals surface area contributed by atoms with E-state index in [1.807, 2.05) is 74.5 Å².